The molecule has 2 heterocycles. The SMILES string of the molecule is O=c1[nH]cccc1CN1CCC(/C=C/c2ccc(F)cc2OCC2CCCCC2)CC1. The summed E-state index contributed by atoms with van der Waals surface area (Å²) in [7, 11) is 0. The second-order valence-electron chi connectivity index (χ2n) is 8.99. The van der Waals surface area contributed by atoms with Gasteiger partial charge in [-0.05, 0) is 68.8 Å². The third kappa shape index (κ3) is 6.30. The maximum atomic E-state index is 13.8. The standard InChI is InChI=1S/C26H33FN2O2/c27-24-11-10-22(25(17-24)31-19-21-5-2-1-3-6-21)9-8-20-12-15-29(16-13-20)18-23-7-4-14-28-26(23)30/h4,7-11,14,17,20-21H,1-3,5-6,12-13,15-16,18-19H2,(H,28,30)/b9-8+. The highest BCUT2D eigenvalue weighted by Gasteiger charge is 2.19. The molecule has 0 spiro atoms. The zero-order chi connectivity index (χ0) is 21.5. The van der Waals surface area contributed by atoms with Gasteiger partial charge in [0.15, 0.2) is 0 Å². The van der Waals surface area contributed by atoms with Crippen LogP contribution in [-0.4, -0.2) is 29.6 Å². The van der Waals surface area contributed by atoms with Gasteiger partial charge in [0, 0.05) is 29.9 Å². The number of hydrogen-bond acceptors (Lipinski definition) is 3. The lowest BCUT2D eigenvalue weighted by Crippen LogP contribution is -2.34. The topological polar surface area (TPSA) is 45.3 Å². The number of pyridine rings is 1. The number of likely N-dealkylation sites (tertiary alicyclic amines) is 1. The van der Waals surface area contributed by atoms with Crippen LogP contribution in [0, 0.1) is 17.7 Å². The first kappa shape index (κ1) is 21.8. The Morgan fingerprint density at radius 3 is 2.68 bits per heavy atom. The second-order valence-corrected chi connectivity index (χ2v) is 8.99. The molecule has 1 N–H and O–H groups in total. The van der Waals surface area contributed by atoms with Crippen LogP contribution in [0.1, 0.15) is 56.1 Å². The maximum absolute atomic E-state index is 13.8. The molecular weight excluding hydrogens is 391 g/mol. The fraction of sp³-hybridized carbons (Fsp3) is 0.500. The Balaban J connectivity index is 1.31. The van der Waals surface area contributed by atoms with Crippen LogP contribution in [0.2, 0.25) is 0 Å². The summed E-state index contributed by atoms with van der Waals surface area (Å²) in [6.07, 6.45) is 14.4. The van der Waals surface area contributed by atoms with Crippen LogP contribution < -0.4 is 10.3 Å². The van der Waals surface area contributed by atoms with Crippen molar-refractivity contribution < 1.29 is 9.13 Å². The van der Waals surface area contributed by atoms with Gasteiger partial charge in [-0.2, -0.15) is 0 Å². The van der Waals surface area contributed by atoms with Crippen molar-refractivity contribution in [3.8, 4) is 5.75 Å². The third-order valence-electron chi connectivity index (χ3n) is 6.65. The predicted octanol–water partition coefficient (Wildman–Crippen LogP) is 5.40. The highest BCUT2D eigenvalue weighted by atomic mass is 19.1. The van der Waals surface area contributed by atoms with Crippen molar-refractivity contribution in [3.63, 3.8) is 0 Å². The number of aromatic amines is 1. The van der Waals surface area contributed by atoms with E-state index < -0.39 is 0 Å². The van der Waals surface area contributed by atoms with Gasteiger partial charge < -0.3 is 9.72 Å². The first-order chi connectivity index (χ1) is 15.2. The zero-order valence-corrected chi connectivity index (χ0v) is 18.2. The van der Waals surface area contributed by atoms with Crippen LogP contribution >= 0.6 is 0 Å². The highest BCUT2D eigenvalue weighted by molar-refractivity contribution is 5.57. The Kier molecular flexibility index (Phi) is 7.57. The number of benzene rings is 1. The molecule has 1 saturated carbocycles. The Morgan fingerprint density at radius 2 is 1.90 bits per heavy atom. The summed E-state index contributed by atoms with van der Waals surface area (Å²) in [5.74, 6) is 1.49. The monoisotopic (exact) mass is 424 g/mol. The molecule has 1 aliphatic heterocycles. The van der Waals surface area contributed by atoms with E-state index in [9.17, 15) is 9.18 Å². The minimum Gasteiger partial charge on any atom is -0.493 e. The Labute approximate surface area is 184 Å². The first-order valence-corrected chi connectivity index (χ1v) is 11.7. The van der Waals surface area contributed by atoms with Gasteiger partial charge in [-0.25, -0.2) is 4.39 Å². The van der Waals surface area contributed by atoms with Gasteiger partial charge in [-0.3, -0.25) is 9.69 Å². The minimum atomic E-state index is -0.250. The molecule has 0 bridgehead atoms. The molecule has 5 heteroatoms. The van der Waals surface area contributed by atoms with Crippen molar-refractivity contribution >= 4 is 6.08 Å². The molecule has 2 fully saturated rings. The molecule has 4 rings (SSSR count). The molecule has 2 aromatic rings. The predicted molar refractivity (Wildman–Crippen MR) is 123 cm³/mol. The number of halogens is 1. The Hall–Kier alpha value is -2.40. The second kappa shape index (κ2) is 10.8. The summed E-state index contributed by atoms with van der Waals surface area (Å²) in [5, 5.41) is 0. The summed E-state index contributed by atoms with van der Waals surface area (Å²) in [4.78, 5) is 17.0. The molecule has 166 valence electrons. The van der Waals surface area contributed by atoms with Gasteiger partial charge in [0.1, 0.15) is 11.6 Å². The number of nitrogens with zero attached hydrogens (tertiary/aromatic N) is 1. The van der Waals surface area contributed by atoms with E-state index in [1.54, 1.807) is 6.20 Å². The molecule has 0 radical (unpaired) electrons. The van der Waals surface area contributed by atoms with E-state index in [0.717, 1.165) is 37.1 Å². The van der Waals surface area contributed by atoms with Gasteiger partial charge >= 0.3 is 0 Å². The van der Waals surface area contributed by atoms with Gasteiger partial charge in [0.25, 0.3) is 5.56 Å². The molecule has 4 nitrogen and oxygen atoms in total. The van der Waals surface area contributed by atoms with E-state index >= 15 is 0 Å². The van der Waals surface area contributed by atoms with Gasteiger partial charge in [-0.1, -0.05) is 37.5 Å². The molecule has 0 amide bonds. The summed E-state index contributed by atoms with van der Waals surface area (Å²) >= 11 is 0. The summed E-state index contributed by atoms with van der Waals surface area (Å²) < 4.78 is 19.9. The number of hydrogen-bond donors (Lipinski definition) is 1. The average molecular weight is 425 g/mol. The third-order valence-corrected chi connectivity index (χ3v) is 6.65. The van der Waals surface area contributed by atoms with Crippen molar-refractivity contribution in [3.05, 3.63) is 69.9 Å². The maximum Gasteiger partial charge on any atom is 0.252 e. The quantitative estimate of drug-likeness (QED) is 0.647. The number of aromatic nitrogens is 1. The summed E-state index contributed by atoms with van der Waals surface area (Å²) in [5.41, 5.74) is 1.78. The van der Waals surface area contributed by atoms with E-state index in [4.69, 9.17) is 4.74 Å². The van der Waals surface area contributed by atoms with Crippen LogP contribution in [0.15, 0.2) is 47.4 Å². The Morgan fingerprint density at radius 1 is 1.10 bits per heavy atom. The minimum absolute atomic E-state index is 0.00147. The normalized spacial score (nSPS) is 19.1. The lowest BCUT2D eigenvalue weighted by molar-refractivity contribution is 0.195. The summed E-state index contributed by atoms with van der Waals surface area (Å²) in [6.45, 7) is 3.32. The van der Waals surface area contributed by atoms with Crippen LogP contribution in [0.3, 0.4) is 0 Å². The largest absolute Gasteiger partial charge is 0.493 e. The van der Waals surface area contributed by atoms with Crippen molar-refractivity contribution in [2.24, 2.45) is 11.8 Å². The number of nitrogens with one attached hydrogen (secondary N) is 1. The molecule has 1 aromatic heterocycles. The molecular formula is C26H33FN2O2. The molecule has 0 atom stereocenters. The number of rotatable bonds is 7. The van der Waals surface area contributed by atoms with Crippen molar-refractivity contribution in [2.45, 2.75) is 51.5 Å². The van der Waals surface area contributed by atoms with Gasteiger partial charge in [-0.15, -0.1) is 0 Å². The zero-order valence-electron chi connectivity index (χ0n) is 18.2. The fourth-order valence-corrected chi connectivity index (χ4v) is 4.70. The summed E-state index contributed by atoms with van der Waals surface area (Å²) in [6, 6.07) is 8.62. The fourth-order valence-electron chi connectivity index (χ4n) is 4.70. The number of piperidine rings is 1. The Bertz CT molecular complexity index is 925. The number of allylic oxidation sites excluding steroid dienone is 1. The van der Waals surface area contributed by atoms with Crippen molar-refractivity contribution in [1.29, 1.82) is 0 Å². The molecule has 0 unspecified atom stereocenters. The van der Waals surface area contributed by atoms with Crippen molar-refractivity contribution in [2.75, 3.05) is 19.7 Å². The molecule has 1 saturated heterocycles. The molecule has 2 aliphatic rings. The molecule has 1 aliphatic carbocycles. The highest BCUT2D eigenvalue weighted by Crippen LogP contribution is 2.28. The van der Waals surface area contributed by atoms with Crippen LogP contribution in [-0.2, 0) is 6.54 Å². The first-order valence-electron chi connectivity index (χ1n) is 11.7. The van der Waals surface area contributed by atoms with E-state index in [-0.39, 0.29) is 11.4 Å². The van der Waals surface area contributed by atoms with E-state index in [1.807, 2.05) is 18.2 Å². The van der Waals surface area contributed by atoms with Crippen LogP contribution in [0.4, 0.5) is 4.39 Å². The smallest absolute Gasteiger partial charge is 0.252 e. The lowest BCUT2D eigenvalue weighted by atomic mass is 9.90. The number of H-pyrrole nitrogens is 1. The van der Waals surface area contributed by atoms with Crippen LogP contribution in [0.25, 0.3) is 6.08 Å². The lowest BCUT2D eigenvalue weighted by Gasteiger charge is -2.30. The van der Waals surface area contributed by atoms with E-state index in [0.29, 0.717) is 30.7 Å². The molecule has 1 aromatic carbocycles. The van der Waals surface area contributed by atoms with E-state index in [2.05, 4.69) is 22.0 Å². The molecule has 31 heavy (non-hydrogen) atoms. The van der Waals surface area contributed by atoms with Crippen LogP contribution in [0.5, 0.6) is 5.75 Å². The number of ether oxygens (including phenoxy) is 1. The van der Waals surface area contributed by atoms with Gasteiger partial charge in [0.05, 0.1) is 6.61 Å². The van der Waals surface area contributed by atoms with Crippen molar-refractivity contribution in [1.82, 2.24) is 9.88 Å². The average Bonchev–Trinajstić information content (AvgIpc) is 2.80. The van der Waals surface area contributed by atoms with E-state index in [1.165, 1.54) is 44.2 Å². The van der Waals surface area contributed by atoms with Gasteiger partial charge in [0.2, 0.25) is 0 Å².